The molecule has 25 heavy (non-hydrogen) atoms. The number of hydrogen-bond donors (Lipinski definition) is 3. The van der Waals surface area contributed by atoms with Gasteiger partial charge in [0, 0.05) is 12.3 Å². The molecular weight excluding hydrogens is 316 g/mol. The maximum atomic E-state index is 10.6. The van der Waals surface area contributed by atoms with Crippen molar-refractivity contribution in [2.24, 2.45) is 17.8 Å². The van der Waals surface area contributed by atoms with Crippen molar-refractivity contribution in [2.45, 2.75) is 83.3 Å². The Labute approximate surface area is 151 Å². The van der Waals surface area contributed by atoms with Crippen LogP contribution in [-0.2, 0) is 4.79 Å². The Morgan fingerprint density at radius 2 is 2.12 bits per heavy atom. The average Bonchev–Trinajstić information content (AvgIpc) is 3.06. The van der Waals surface area contributed by atoms with Crippen molar-refractivity contribution in [2.75, 3.05) is 0 Å². The Morgan fingerprint density at radius 3 is 2.84 bits per heavy atom. The van der Waals surface area contributed by atoms with Gasteiger partial charge in [-0.25, -0.2) is 0 Å². The van der Waals surface area contributed by atoms with Crippen molar-refractivity contribution < 1.29 is 20.1 Å². The second kappa shape index (κ2) is 10.1. The van der Waals surface area contributed by atoms with E-state index >= 15 is 0 Å². The van der Waals surface area contributed by atoms with Crippen LogP contribution in [0.25, 0.3) is 0 Å². The van der Waals surface area contributed by atoms with Crippen molar-refractivity contribution in [3.63, 3.8) is 0 Å². The van der Waals surface area contributed by atoms with Gasteiger partial charge in [0.05, 0.1) is 12.2 Å². The standard InChI is InChI=1S/C21H34O4/c1-2-3-4-8-17(22)10-11-18-19-13-15(7-5-6-9-21(24)25)12-16(19)14-20(18)23/h10-12,16-20,22-23H,2-9,13-14H2,1H3,(H,24,25)/b11-10+/t16-,17-,18-,19-,20-/m0/s1. The lowest BCUT2D eigenvalue weighted by Gasteiger charge is -2.19. The molecule has 0 spiro atoms. The molecule has 0 aromatic heterocycles. The van der Waals surface area contributed by atoms with Gasteiger partial charge in [0.2, 0.25) is 0 Å². The van der Waals surface area contributed by atoms with Crippen molar-refractivity contribution in [1.29, 1.82) is 0 Å². The van der Waals surface area contributed by atoms with Crippen LogP contribution in [0.15, 0.2) is 23.8 Å². The molecule has 0 aromatic carbocycles. The molecule has 0 saturated heterocycles. The van der Waals surface area contributed by atoms with E-state index in [4.69, 9.17) is 5.11 Å². The number of allylic oxidation sites excluding steroid dienone is 2. The summed E-state index contributed by atoms with van der Waals surface area (Å²) in [5.74, 6) is 0.307. The molecular formula is C21H34O4. The third-order valence-corrected chi connectivity index (χ3v) is 5.75. The number of carbonyl (C=O) groups is 1. The van der Waals surface area contributed by atoms with Gasteiger partial charge in [-0.3, -0.25) is 4.79 Å². The van der Waals surface area contributed by atoms with Crippen LogP contribution >= 0.6 is 0 Å². The van der Waals surface area contributed by atoms with Gasteiger partial charge in [0.15, 0.2) is 0 Å². The summed E-state index contributed by atoms with van der Waals surface area (Å²) in [5, 5.41) is 29.1. The van der Waals surface area contributed by atoms with Gasteiger partial charge in [-0.1, -0.05) is 50.0 Å². The van der Waals surface area contributed by atoms with E-state index in [0.29, 0.717) is 11.8 Å². The molecule has 5 atom stereocenters. The summed E-state index contributed by atoms with van der Waals surface area (Å²) < 4.78 is 0. The zero-order valence-corrected chi connectivity index (χ0v) is 15.4. The van der Waals surface area contributed by atoms with Crippen LogP contribution in [-0.4, -0.2) is 33.5 Å². The lowest BCUT2D eigenvalue weighted by Crippen LogP contribution is -2.18. The highest BCUT2D eigenvalue weighted by molar-refractivity contribution is 5.66. The number of aliphatic carboxylic acids is 1. The van der Waals surface area contributed by atoms with Crippen LogP contribution in [0.2, 0.25) is 0 Å². The molecule has 0 radical (unpaired) electrons. The van der Waals surface area contributed by atoms with Gasteiger partial charge in [0.1, 0.15) is 0 Å². The summed E-state index contributed by atoms with van der Waals surface area (Å²) in [6.07, 6.45) is 14.4. The Bertz CT molecular complexity index is 482. The van der Waals surface area contributed by atoms with Crippen molar-refractivity contribution in [3.05, 3.63) is 23.8 Å². The number of aliphatic hydroxyl groups is 2. The number of hydrogen-bond acceptors (Lipinski definition) is 3. The van der Waals surface area contributed by atoms with Gasteiger partial charge in [-0.05, 0) is 50.4 Å². The third-order valence-electron chi connectivity index (χ3n) is 5.75. The van der Waals surface area contributed by atoms with Gasteiger partial charge in [-0.2, -0.15) is 0 Å². The van der Waals surface area contributed by atoms with E-state index in [2.05, 4.69) is 13.0 Å². The summed E-state index contributed by atoms with van der Waals surface area (Å²) in [4.78, 5) is 10.6. The lowest BCUT2D eigenvalue weighted by atomic mass is 9.88. The normalized spacial score (nSPS) is 29.8. The summed E-state index contributed by atoms with van der Waals surface area (Å²) in [6, 6.07) is 0. The number of carboxylic acids is 1. The molecule has 0 heterocycles. The van der Waals surface area contributed by atoms with Crippen molar-refractivity contribution in [1.82, 2.24) is 0 Å². The molecule has 0 unspecified atom stereocenters. The highest BCUT2D eigenvalue weighted by Gasteiger charge is 2.43. The molecule has 1 fully saturated rings. The summed E-state index contributed by atoms with van der Waals surface area (Å²) >= 11 is 0. The van der Waals surface area contributed by atoms with Gasteiger partial charge >= 0.3 is 5.97 Å². The van der Waals surface area contributed by atoms with Gasteiger partial charge < -0.3 is 15.3 Å². The molecule has 0 bridgehead atoms. The third kappa shape index (κ3) is 6.27. The first-order valence-corrected chi connectivity index (χ1v) is 9.97. The van der Waals surface area contributed by atoms with E-state index in [1.807, 2.05) is 12.2 Å². The number of rotatable bonds is 11. The first kappa shape index (κ1) is 20.2. The Kier molecular flexibility index (Phi) is 8.17. The highest BCUT2D eigenvalue weighted by atomic mass is 16.4. The van der Waals surface area contributed by atoms with E-state index in [-0.39, 0.29) is 18.4 Å². The second-order valence-corrected chi connectivity index (χ2v) is 7.79. The van der Waals surface area contributed by atoms with Gasteiger partial charge in [-0.15, -0.1) is 0 Å². The molecule has 2 rings (SSSR count). The first-order chi connectivity index (χ1) is 12.0. The Hall–Kier alpha value is -1.13. The van der Waals surface area contributed by atoms with Gasteiger partial charge in [0.25, 0.3) is 0 Å². The minimum absolute atomic E-state index is 0.138. The van der Waals surface area contributed by atoms with E-state index in [1.54, 1.807) is 0 Å². The molecule has 4 nitrogen and oxygen atoms in total. The van der Waals surface area contributed by atoms with Crippen LogP contribution in [0.1, 0.15) is 71.1 Å². The average molecular weight is 350 g/mol. The topological polar surface area (TPSA) is 77.8 Å². The smallest absolute Gasteiger partial charge is 0.303 e. The maximum Gasteiger partial charge on any atom is 0.303 e. The fourth-order valence-electron chi connectivity index (χ4n) is 4.38. The minimum atomic E-state index is -0.719. The highest BCUT2D eigenvalue weighted by Crippen LogP contribution is 2.48. The summed E-state index contributed by atoms with van der Waals surface area (Å²) in [6.45, 7) is 2.16. The molecule has 0 amide bonds. The Morgan fingerprint density at radius 1 is 1.32 bits per heavy atom. The predicted octanol–water partition coefficient (Wildman–Crippen LogP) is 4.07. The summed E-state index contributed by atoms with van der Waals surface area (Å²) in [7, 11) is 0. The molecule has 3 N–H and O–H groups in total. The molecule has 0 aromatic rings. The van der Waals surface area contributed by atoms with E-state index < -0.39 is 12.1 Å². The van der Waals surface area contributed by atoms with Crippen LogP contribution in [0.4, 0.5) is 0 Å². The van der Waals surface area contributed by atoms with Crippen LogP contribution in [0, 0.1) is 17.8 Å². The lowest BCUT2D eigenvalue weighted by molar-refractivity contribution is -0.137. The fourth-order valence-corrected chi connectivity index (χ4v) is 4.38. The van der Waals surface area contributed by atoms with Crippen LogP contribution in [0.5, 0.6) is 0 Å². The summed E-state index contributed by atoms with van der Waals surface area (Å²) in [5.41, 5.74) is 1.43. The van der Waals surface area contributed by atoms with Crippen molar-refractivity contribution in [3.8, 4) is 0 Å². The molecule has 2 aliphatic rings. The maximum absolute atomic E-state index is 10.6. The zero-order valence-electron chi connectivity index (χ0n) is 15.4. The van der Waals surface area contributed by atoms with Crippen LogP contribution in [0.3, 0.4) is 0 Å². The molecule has 1 saturated carbocycles. The van der Waals surface area contributed by atoms with Crippen LogP contribution < -0.4 is 0 Å². The zero-order chi connectivity index (χ0) is 18.2. The Balaban J connectivity index is 1.78. The minimum Gasteiger partial charge on any atom is -0.481 e. The van der Waals surface area contributed by atoms with E-state index in [1.165, 1.54) is 5.57 Å². The molecule has 142 valence electrons. The quantitative estimate of drug-likeness (QED) is 0.388. The largest absolute Gasteiger partial charge is 0.481 e. The fraction of sp³-hybridized carbons (Fsp3) is 0.762. The second-order valence-electron chi connectivity index (χ2n) is 7.79. The first-order valence-electron chi connectivity index (χ1n) is 9.97. The van der Waals surface area contributed by atoms with Crippen molar-refractivity contribution >= 4 is 5.97 Å². The monoisotopic (exact) mass is 350 g/mol. The molecule has 2 aliphatic carbocycles. The number of aliphatic hydroxyl groups excluding tert-OH is 2. The molecule has 4 heteroatoms. The number of unbranched alkanes of at least 4 members (excludes halogenated alkanes) is 3. The van der Waals surface area contributed by atoms with E-state index in [0.717, 1.165) is 57.8 Å². The number of carboxylic acid groups (broad SMARTS) is 1. The van der Waals surface area contributed by atoms with E-state index in [9.17, 15) is 15.0 Å². The SMILES string of the molecule is CCCCC[C@H](O)/C=C/[C@H]1[C@H]2CC(CCCCC(=O)O)=C[C@H]2C[C@@H]1O. The number of fused-ring (bicyclic) bond motifs is 1. The molecule has 0 aliphatic heterocycles. The predicted molar refractivity (Wildman–Crippen MR) is 99.2 cm³/mol.